The van der Waals surface area contributed by atoms with Gasteiger partial charge in [-0.05, 0) is 106 Å². The summed E-state index contributed by atoms with van der Waals surface area (Å²) in [6, 6.07) is 46.1. The lowest BCUT2D eigenvalue weighted by atomic mass is 10.0. The van der Waals surface area contributed by atoms with Crippen LogP contribution in [0.1, 0.15) is 5.56 Å². The lowest BCUT2D eigenvalue weighted by molar-refractivity contribution is 0.995. The second-order valence-corrected chi connectivity index (χ2v) is 13.1. The zero-order chi connectivity index (χ0) is 34.6. The Balaban J connectivity index is 1.46. The van der Waals surface area contributed by atoms with Crippen LogP contribution in [0.5, 0.6) is 0 Å². The molecule has 0 radical (unpaired) electrons. The molecule has 6 aromatic carbocycles. The van der Waals surface area contributed by atoms with Crippen LogP contribution in [0.15, 0.2) is 148 Å². The first-order valence-electron chi connectivity index (χ1n) is 16.3. The van der Waals surface area contributed by atoms with Crippen molar-refractivity contribution in [1.82, 2.24) is 19.1 Å². The van der Waals surface area contributed by atoms with Gasteiger partial charge in [0.25, 0.3) is 0 Å². The average Bonchev–Trinajstić information content (AvgIpc) is 3.70. The first kappa shape index (κ1) is 31.3. The van der Waals surface area contributed by atoms with Crippen molar-refractivity contribution >= 4 is 87.8 Å². The van der Waals surface area contributed by atoms with E-state index in [2.05, 4.69) is 154 Å². The second-order valence-electron chi connectivity index (χ2n) is 12.5. The second kappa shape index (κ2) is 12.6. The SMILES string of the molecule is Cc1cc(N=P)cc(-c2cc(-c3cc(N=P)cc(N=P)c3)nc(-n3c4ccccc4c4ccc5c6ccccc6n(-c6ccccc6)c5c43)n2)c1. The van der Waals surface area contributed by atoms with E-state index in [9.17, 15) is 0 Å². The van der Waals surface area contributed by atoms with Gasteiger partial charge < -0.3 is 4.57 Å². The fraction of sp³-hybridized carbons (Fsp3) is 0.0244. The van der Waals surface area contributed by atoms with Gasteiger partial charge in [-0.2, -0.15) is 0 Å². The number of para-hydroxylation sites is 3. The Bertz CT molecular complexity index is 2870. The van der Waals surface area contributed by atoms with Crippen molar-refractivity contribution in [3.05, 3.63) is 139 Å². The summed E-state index contributed by atoms with van der Waals surface area (Å²) in [5, 5.41) is 4.56. The standard InChI is InChI=1S/C41H28N7P3/c1-24-17-25(19-27(18-24)44-49)35-23-36(26-20-28(45-50)22-29(21-26)46-51)43-41(42-35)48-38-14-8-6-12-32(38)34-16-15-33-31-11-5-7-13-37(31)47(39(33)40(34)48)30-9-3-2-4-10-30/h2-23,49-51H,1H3. The first-order chi connectivity index (χ1) is 25.0. The van der Waals surface area contributed by atoms with E-state index in [0.717, 1.165) is 77.7 Å². The smallest absolute Gasteiger partial charge is 0.235 e. The maximum Gasteiger partial charge on any atom is 0.235 e. The van der Waals surface area contributed by atoms with Crippen LogP contribution in [0.25, 0.3) is 77.8 Å². The molecule has 0 aliphatic heterocycles. The summed E-state index contributed by atoms with van der Waals surface area (Å²) in [7, 11) is 10.0. The minimum Gasteiger partial charge on any atom is -0.307 e. The Morgan fingerprint density at radius 3 is 1.55 bits per heavy atom. The van der Waals surface area contributed by atoms with Crippen LogP contribution in [0.4, 0.5) is 17.1 Å². The molecule has 0 aliphatic rings. The molecule has 9 aromatic rings. The third kappa shape index (κ3) is 5.21. The molecule has 7 nitrogen and oxygen atoms in total. The van der Waals surface area contributed by atoms with Gasteiger partial charge in [0.1, 0.15) is 0 Å². The molecule has 242 valence electrons. The molecule has 9 rings (SSSR count). The number of aryl methyl sites for hydroxylation is 1. The maximum atomic E-state index is 5.36. The monoisotopic (exact) mass is 711 g/mol. The zero-order valence-corrected chi connectivity index (χ0v) is 30.3. The molecule has 0 saturated heterocycles. The third-order valence-corrected chi connectivity index (χ3v) is 10.1. The largest absolute Gasteiger partial charge is 0.307 e. The van der Waals surface area contributed by atoms with Crippen LogP contribution in [0.2, 0.25) is 0 Å². The van der Waals surface area contributed by atoms with Crippen LogP contribution in [-0.2, 0) is 0 Å². The number of hydrogen-bond donors (Lipinski definition) is 0. The van der Waals surface area contributed by atoms with Crippen molar-refractivity contribution in [3.63, 3.8) is 0 Å². The third-order valence-electron chi connectivity index (χ3n) is 9.34. The highest BCUT2D eigenvalue weighted by atomic mass is 31.0. The van der Waals surface area contributed by atoms with E-state index in [1.54, 1.807) is 0 Å². The fourth-order valence-electron chi connectivity index (χ4n) is 7.23. The molecule has 0 atom stereocenters. The van der Waals surface area contributed by atoms with Crippen molar-refractivity contribution in [2.45, 2.75) is 6.92 Å². The molecule has 0 amide bonds. The van der Waals surface area contributed by atoms with Crippen molar-refractivity contribution in [2.24, 2.45) is 14.2 Å². The summed E-state index contributed by atoms with van der Waals surface area (Å²) in [6.45, 7) is 2.06. The molecule has 0 aliphatic carbocycles. The topological polar surface area (TPSA) is 72.7 Å². The van der Waals surface area contributed by atoms with Gasteiger partial charge >= 0.3 is 0 Å². The molecule has 0 saturated carbocycles. The van der Waals surface area contributed by atoms with Gasteiger partial charge in [-0.25, -0.2) is 24.2 Å². The molecule has 0 spiro atoms. The molecule has 3 heterocycles. The first-order valence-corrected chi connectivity index (χ1v) is 17.7. The zero-order valence-electron chi connectivity index (χ0n) is 27.3. The maximum absolute atomic E-state index is 5.36. The normalized spacial score (nSPS) is 11.5. The molecule has 0 unspecified atom stereocenters. The van der Waals surface area contributed by atoms with Gasteiger partial charge in [-0.3, -0.25) is 4.57 Å². The number of rotatable bonds is 7. The summed E-state index contributed by atoms with van der Waals surface area (Å²) in [5.41, 5.74) is 11.9. The van der Waals surface area contributed by atoms with Crippen molar-refractivity contribution in [1.29, 1.82) is 0 Å². The minimum absolute atomic E-state index is 0.544. The molecule has 10 heteroatoms. The van der Waals surface area contributed by atoms with Crippen molar-refractivity contribution in [2.75, 3.05) is 0 Å². The molecular formula is C41H28N7P3. The Kier molecular flexibility index (Phi) is 7.71. The molecule has 0 N–H and O–H groups in total. The van der Waals surface area contributed by atoms with Gasteiger partial charge in [-0.15, -0.1) is 0 Å². The van der Waals surface area contributed by atoms with E-state index < -0.39 is 0 Å². The van der Waals surface area contributed by atoms with E-state index in [4.69, 9.17) is 9.97 Å². The highest BCUT2D eigenvalue weighted by Crippen LogP contribution is 2.42. The Morgan fingerprint density at radius 1 is 0.471 bits per heavy atom. The number of fused-ring (bicyclic) bond motifs is 7. The molecule has 51 heavy (non-hydrogen) atoms. The minimum atomic E-state index is 0.544. The Morgan fingerprint density at radius 2 is 0.961 bits per heavy atom. The van der Waals surface area contributed by atoms with Crippen LogP contribution in [0.3, 0.4) is 0 Å². The highest BCUT2D eigenvalue weighted by molar-refractivity contribution is 7.04. The van der Waals surface area contributed by atoms with Gasteiger partial charge in [-0.1, -0.05) is 66.7 Å². The summed E-state index contributed by atoms with van der Waals surface area (Å²) in [5.74, 6) is 0.544. The molecule has 3 aromatic heterocycles. The number of hydrogen-bond acceptors (Lipinski definition) is 5. The highest BCUT2D eigenvalue weighted by Gasteiger charge is 2.23. The summed E-state index contributed by atoms with van der Waals surface area (Å²) in [6.07, 6.45) is 0. The van der Waals surface area contributed by atoms with E-state index in [1.807, 2.05) is 36.4 Å². The molecule has 0 fully saturated rings. The van der Waals surface area contributed by atoms with Crippen LogP contribution >= 0.6 is 27.1 Å². The summed E-state index contributed by atoms with van der Waals surface area (Å²) < 4.78 is 17.5. The van der Waals surface area contributed by atoms with Gasteiger partial charge in [0.05, 0.1) is 50.5 Å². The fourth-order valence-corrected chi connectivity index (χ4v) is 7.62. The van der Waals surface area contributed by atoms with Gasteiger partial charge in [0, 0.05) is 38.4 Å². The van der Waals surface area contributed by atoms with Crippen molar-refractivity contribution < 1.29 is 0 Å². The van der Waals surface area contributed by atoms with E-state index in [-0.39, 0.29) is 0 Å². The predicted molar refractivity (Wildman–Crippen MR) is 218 cm³/mol. The molecule has 0 bridgehead atoms. The predicted octanol–water partition coefficient (Wildman–Crippen LogP) is 13.2. The van der Waals surface area contributed by atoms with E-state index in [1.165, 1.54) is 5.39 Å². The Labute approximate surface area is 300 Å². The number of benzene rings is 6. The van der Waals surface area contributed by atoms with Crippen LogP contribution in [0, 0.1) is 6.92 Å². The quantitative estimate of drug-likeness (QED) is 0.154. The molecular weight excluding hydrogens is 683 g/mol. The van der Waals surface area contributed by atoms with Gasteiger partial charge in [0.15, 0.2) is 0 Å². The van der Waals surface area contributed by atoms with Crippen molar-refractivity contribution in [3.8, 4) is 34.2 Å². The lowest BCUT2D eigenvalue weighted by Crippen LogP contribution is -2.05. The van der Waals surface area contributed by atoms with Crippen LogP contribution in [-0.4, -0.2) is 19.1 Å². The van der Waals surface area contributed by atoms with E-state index >= 15 is 0 Å². The van der Waals surface area contributed by atoms with Crippen LogP contribution < -0.4 is 0 Å². The summed E-state index contributed by atoms with van der Waals surface area (Å²) in [4.78, 5) is 10.7. The van der Waals surface area contributed by atoms with Gasteiger partial charge in [0.2, 0.25) is 5.95 Å². The number of nitrogens with zero attached hydrogens (tertiary/aromatic N) is 7. The van der Waals surface area contributed by atoms with E-state index in [0.29, 0.717) is 17.3 Å². The summed E-state index contributed by atoms with van der Waals surface area (Å²) >= 11 is 0. The Hall–Kier alpha value is -5.70. The lowest BCUT2D eigenvalue weighted by Gasteiger charge is -2.14. The average molecular weight is 712 g/mol. The number of aromatic nitrogens is 4.